The van der Waals surface area contributed by atoms with Crippen LogP contribution >= 0.6 is 0 Å². The molecule has 0 radical (unpaired) electrons. The van der Waals surface area contributed by atoms with E-state index >= 15 is 0 Å². The molecular formula is C11H11F3O2. The summed E-state index contributed by atoms with van der Waals surface area (Å²) in [5.74, 6) is 0.583. The Balaban J connectivity index is 3.18. The van der Waals surface area contributed by atoms with Gasteiger partial charge in [0.05, 0.1) is 19.8 Å². The first-order valence-electron chi connectivity index (χ1n) is 4.38. The van der Waals surface area contributed by atoms with Gasteiger partial charge < -0.3 is 9.47 Å². The van der Waals surface area contributed by atoms with Gasteiger partial charge in [-0.3, -0.25) is 0 Å². The fraction of sp³-hybridized carbons (Fsp3) is 0.273. The summed E-state index contributed by atoms with van der Waals surface area (Å²) in [7, 11) is 2.74. The van der Waals surface area contributed by atoms with E-state index < -0.39 is 11.7 Å². The highest BCUT2D eigenvalue weighted by molar-refractivity contribution is 5.69. The van der Waals surface area contributed by atoms with E-state index in [1.54, 1.807) is 0 Å². The third-order valence-electron chi connectivity index (χ3n) is 2.04. The first-order valence-corrected chi connectivity index (χ1v) is 4.38. The van der Waals surface area contributed by atoms with Gasteiger partial charge in [-0.15, -0.1) is 0 Å². The van der Waals surface area contributed by atoms with Crippen LogP contribution in [-0.2, 0) is 0 Å². The van der Waals surface area contributed by atoms with Gasteiger partial charge in [-0.1, -0.05) is 6.58 Å². The monoisotopic (exact) mass is 232 g/mol. The summed E-state index contributed by atoms with van der Waals surface area (Å²) in [5, 5.41) is 0. The molecule has 0 fully saturated rings. The van der Waals surface area contributed by atoms with E-state index in [4.69, 9.17) is 9.47 Å². The van der Waals surface area contributed by atoms with Crippen LogP contribution in [0.1, 0.15) is 5.56 Å². The molecule has 0 aliphatic carbocycles. The first-order chi connectivity index (χ1) is 7.38. The highest BCUT2D eigenvalue weighted by Gasteiger charge is 2.33. The van der Waals surface area contributed by atoms with E-state index in [0.29, 0.717) is 11.5 Å². The van der Waals surface area contributed by atoms with Crippen molar-refractivity contribution in [3.8, 4) is 11.5 Å². The van der Waals surface area contributed by atoms with Gasteiger partial charge in [0.1, 0.15) is 11.5 Å². The number of halogens is 3. The Morgan fingerprint density at radius 2 is 1.50 bits per heavy atom. The first kappa shape index (κ1) is 12.4. The zero-order chi connectivity index (χ0) is 12.3. The molecule has 0 aliphatic heterocycles. The molecule has 1 rings (SSSR count). The average molecular weight is 232 g/mol. The van der Waals surface area contributed by atoms with E-state index in [1.807, 2.05) is 0 Å². The minimum Gasteiger partial charge on any atom is -0.497 e. The number of allylic oxidation sites excluding steroid dienone is 1. The number of methoxy groups -OCH3 is 2. The fourth-order valence-electron chi connectivity index (χ4n) is 1.15. The van der Waals surface area contributed by atoms with Gasteiger partial charge in [0.2, 0.25) is 0 Å². The Kier molecular flexibility index (Phi) is 3.47. The van der Waals surface area contributed by atoms with Crippen molar-refractivity contribution in [2.24, 2.45) is 0 Å². The van der Waals surface area contributed by atoms with E-state index in [2.05, 4.69) is 6.58 Å². The highest BCUT2D eigenvalue weighted by atomic mass is 19.4. The molecular weight excluding hydrogens is 221 g/mol. The third kappa shape index (κ3) is 2.68. The molecule has 0 N–H and O–H groups in total. The molecule has 0 saturated carbocycles. The quantitative estimate of drug-likeness (QED) is 0.796. The number of ether oxygens (including phenoxy) is 2. The van der Waals surface area contributed by atoms with Gasteiger partial charge in [-0.2, -0.15) is 13.2 Å². The zero-order valence-corrected chi connectivity index (χ0v) is 8.89. The maximum atomic E-state index is 12.4. The van der Waals surface area contributed by atoms with E-state index in [-0.39, 0.29) is 5.56 Å². The minimum absolute atomic E-state index is 0.0660. The van der Waals surface area contributed by atoms with Crippen LogP contribution in [0.15, 0.2) is 24.8 Å². The van der Waals surface area contributed by atoms with Crippen molar-refractivity contribution in [2.45, 2.75) is 6.18 Å². The largest absolute Gasteiger partial charge is 0.497 e. The lowest BCUT2D eigenvalue weighted by Crippen LogP contribution is -2.09. The fourth-order valence-corrected chi connectivity index (χ4v) is 1.15. The molecule has 0 spiro atoms. The van der Waals surface area contributed by atoms with Crippen molar-refractivity contribution >= 4 is 5.57 Å². The van der Waals surface area contributed by atoms with Crippen LogP contribution in [0.3, 0.4) is 0 Å². The number of rotatable bonds is 3. The summed E-state index contributed by atoms with van der Waals surface area (Å²) in [5.41, 5.74) is -0.992. The summed E-state index contributed by atoms with van der Waals surface area (Å²) in [6, 6.07) is 4.02. The lowest BCUT2D eigenvalue weighted by Gasteiger charge is -2.12. The second-order valence-electron chi connectivity index (χ2n) is 3.08. The molecule has 88 valence electrons. The number of hydrogen-bond donors (Lipinski definition) is 0. The van der Waals surface area contributed by atoms with Gasteiger partial charge in [0.25, 0.3) is 0 Å². The Morgan fingerprint density at radius 3 is 1.81 bits per heavy atom. The highest BCUT2D eigenvalue weighted by Crippen LogP contribution is 2.35. The molecule has 1 aromatic carbocycles. The van der Waals surface area contributed by atoms with Crippen molar-refractivity contribution < 1.29 is 22.6 Å². The molecule has 0 aromatic heterocycles. The smallest absolute Gasteiger partial charge is 0.416 e. The molecule has 0 atom stereocenters. The molecule has 5 heteroatoms. The third-order valence-corrected chi connectivity index (χ3v) is 2.04. The Labute approximate surface area is 91.3 Å². The van der Waals surface area contributed by atoms with E-state index in [1.165, 1.54) is 32.4 Å². The molecule has 2 nitrogen and oxygen atoms in total. The van der Waals surface area contributed by atoms with Crippen molar-refractivity contribution in [3.05, 3.63) is 30.3 Å². The van der Waals surface area contributed by atoms with Gasteiger partial charge >= 0.3 is 6.18 Å². The lowest BCUT2D eigenvalue weighted by molar-refractivity contribution is -0.0686. The van der Waals surface area contributed by atoms with Gasteiger partial charge in [0, 0.05) is 6.07 Å². The standard InChI is InChI=1S/C11H11F3O2/c1-7(11(12,13)14)8-4-9(15-2)6-10(5-8)16-3/h4-6H,1H2,2-3H3. The van der Waals surface area contributed by atoms with Gasteiger partial charge in [0.15, 0.2) is 0 Å². The van der Waals surface area contributed by atoms with Crippen LogP contribution in [-0.4, -0.2) is 20.4 Å². The van der Waals surface area contributed by atoms with Crippen LogP contribution < -0.4 is 9.47 Å². The molecule has 1 aromatic rings. The summed E-state index contributed by atoms with van der Waals surface area (Å²) in [6.07, 6.45) is -4.46. The summed E-state index contributed by atoms with van der Waals surface area (Å²) in [4.78, 5) is 0. The van der Waals surface area contributed by atoms with Crippen molar-refractivity contribution in [1.29, 1.82) is 0 Å². The van der Waals surface area contributed by atoms with E-state index in [9.17, 15) is 13.2 Å². The summed E-state index contributed by atoms with van der Waals surface area (Å²) >= 11 is 0. The van der Waals surface area contributed by atoms with E-state index in [0.717, 1.165) is 0 Å². The second kappa shape index (κ2) is 4.47. The van der Waals surface area contributed by atoms with Gasteiger partial charge in [-0.05, 0) is 17.7 Å². The normalized spacial score (nSPS) is 11.1. The summed E-state index contributed by atoms with van der Waals surface area (Å²) in [6.45, 7) is 3.01. The van der Waals surface area contributed by atoms with Crippen molar-refractivity contribution in [2.75, 3.05) is 14.2 Å². The maximum absolute atomic E-state index is 12.4. The van der Waals surface area contributed by atoms with Crippen molar-refractivity contribution in [1.82, 2.24) is 0 Å². The minimum atomic E-state index is -4.46. The van der Waals surface area contributed by atoms with Crippen LogP contribution in [0.25, 0.3) is 5.57 Å². The predicted octanol–water partition coefficient (Wildman–Crippen LogP) is 3.28. The van der Waals surface area contributed by atoms with Crippen LogP contribution in [0.4, 0.5) is 13.2 Å². The second-order valence-corrected chi connectivity index (χ2v) is 3.08. The predicted molar refractivity (Wildman–Crippen MR) is 54.6 cm³/mol. The molecule has 0 amide bonds. The lowest BCUT2D eigenvalue weighted by atomic mass is 10.1. The molecule has 0 bridgehead atoms. The average Bonchev–Trinajstić information content (AvgIpc) is 2.26. The molecule has 0 saturated heterocycles. The Hall–Kier alpha value is -1.65. The number of benzene rings is 1. The molecule has 0 heterocycles. The van der Waals surface area contributed by atoms with Crippen LogP contribution in [0.5, 0.6) is 11.5 Å². The van der Waals surface area contributed by atoms with Gasteiger partial charge in [-0.25, -0.2) is 0 Å². The topological polar surface area (TPSA) is 18.5 Å². The number of alkyl halides is 3. The Bertz CT molecular complexity index is 374. The summed E-state index contributed by atoms with van der Waals surface area (Å²) < 4.78 is 47.0. The molecule has 0 aliphatic rings. The molecule has 16 heavy (non-hydrogen) atoms. The zero-order valence-electron chi connectivity index (χ0n) is 8.89. The van der Waals surface area contributed by atoms with Crippen LogP contribution in [0.2, 0.25) is 0 Å². The number of hydrogen-bond acceptors (Lipinski definition) is 2. The van der Waals surface area contributed by atoms with Crippen LogP contribution in [0, 0.1) is 0 Å². The SMILES string of the molecule is C=C(c1cc(OC)cc(OC)c1)C(F)(F)F. The maximum Gasteiger partial charge on any atom is 0.416 e. The molecule has 0 unspecified atom stereocenters. The van der Waals surface area contributed by atoms with Crippen molar-refractivity contribution in [3.63, 3.8) is 0 Å². The Morgan fingerprint density at radius 1 is 1.06 bits per heavy atom.